The lowest BCUT2D eigenvalue weighted by molar-refractivity contribution is -0.129. The fraction of sp³-hybridized carbons (Fsp3) is 0.909. The van der Waals surface area contributed by atoms with E-state index in [-0.39, 0.29) is 5.91 Å². The highest BCUT2D eigenvalue weighted by Gasteiger charge is 2.09. The van der Waals surface area contributed by atoms with E-state index < -0.39 is 0 Å². The third-order valence-corrected chi connectivity index (χ3v) is 2.52. The molecule has 4 nitrogen and oxygen atoms in total. The largest absolute Gasteiger partial charge is 0.343 e. The lowest BCUT2D eigenvalue weighted by Crippen LogP contribution is -2.41. The van der Waals surface area contributed by atoms with Gasteiger partial charge in [0.05, 0.1) is 6.54 Å². The van der Waals surface area contributed by atoms with Crippen molar-refractivity contribution in [2.75, 3.05) is 40.8 Å². The van der Waals surface area contributed by atoms with E-state index in [0.29, 0.717) is 12.6 Å². The summed E-state index contributed by atoms with van der Waals surface area (Å²) in [6, 6.07) is 0.413. The topological polar surface area (TPSA) is 35.6 Å². The maximum atomic E-state index is 11.6. The van der Waals surface area contributed by atoms with Crippen molar-refractivity contribution in [1.82, 2.24) is 15.1 Å². The number of carbonyl (C=O) groups is 1. The highest BCUT2D eigenvalue weighted by atomic mass is 16.2. The Balaban J connectivity index is 3.69. The molecule has 1 atom stereocenters. The standard InChI is InChI=1S/C11H25N3O/c1-6-10(2)12-9-11(15)14(5)8-7-13(3)4/h10,12H,6-9H2,1-5H3. The van der Waals surface area contributed by atoms with E-state index in [1.165, 1.54) is 0 Å². The van der Waals surface area contributed by atoms with Crippen molar-refractivity contribution in [3.8, 4) is 0 Å². The minimum atomic E-state index is 0.164. The number of carbonyl (C=O) groups excluding carboxylic acids is 1. The minimum Gasteiger partial charge on any atom is -0.343 e. The molecule has 0 aromatic carbocycles. The summed E-state index contributed by atoms with van der Waals surface area (Å²) >= 11 is 0. The number of hydrogen-bond acceptors (Lipinski definition) is 3. The van der Waals surface area contributed by atoms with Crippen LogP contribution < -0.4 is 5.32 Å². The Labute approximate surface area is 93.6 Å². The fourth-order valence-electron chi connectivity index (χ4n) is 1.02. The summed E-state index contributed by atoms with van der Waals surface area (Å²) in [6.45, 7) is 6.34. The van der Waals surface area contributed by atoms with Crippen LogP contribution in [0.1, 0.15) is 20.3 Å². The van der Waals surface area contributed by atoms with Gasteiger partial charge in [-0.3, -0.25) is 4.79 Å². The second-order valence-corrected chi connectivity index (χ2v) is 4.31. The molecule has 0 saturated heterocycles. The molecule has 0 aromatic rings. The van der Waals surface area contributed by atoms with Crippen LogP contribution in [0.25, 0.3) is 0 Å². The third kappa shape index (κ3) is 7.33. The minimum absolute atomic E-state index is 0.164. The SMILES string of the molecule is CCC(C)NCC(=O)N(C)CCN(C)C. The summed E-state index contributed by atoms with van der Waals surface area (Å²) in [5, 5.41) is 3.20. The monoisotopic (exact) mass is 215 g/mol. The molecule has 4 heteroatoms. The van der Waals surface area contributed by atoms with Gasteiger partial charge in [-0.2, -0.15) is 0 Å². The molecule has 0 aliphatic rings. The van der Waals surface area contributed by atoms with Gasteiger partial charge in [-0.25, -0.2) is 0 Å². The van der Waals surface area contributed by atoms with E-state index in [9.17, 15) is 4.79 Å². The average Bonchev–Trinajstić information content (AvgIpc) is 2.21. The fourth-order valence-corrected chi connectivity index (χ4v) is 1.02. The van der Waals surface area contributed by atoms with Crippen LogP contribution in [-0.4, -0.2) is 62.5 Å². The molecule has 0 radical (unpaired) electrons. The number of amides is 1. The molecule has 0 saturated carbocycles. The van der Waals surface area contributed by atoms with E-state index in [2.05, 4.69) is 24.1 Å². The van der Waals surface area contributed by atoms with Gasteiger partial charge < -0.3 is 15.1 Å². The Hall–Kier alpha value is -0.610. The molecule has 0 rings (SSSR count). The molecule has 90 valence electrons. The third-order valence-electron chi connectivity index (χ3n) is 2.52. The van der Waals surface area contributed by atoms with Crippen molar-refractivity contribution >= 4 is 5.91 Å². The Kier molecular flexibility index (Phi) is 7.34. The zero-order chi connectivity index (χ0) is 11.8. The van der Waals surface area contributed by atoms with Crippen LogP contribution in [0.3, 0.4) is 0 Å². The molecule has 0 fully saturated rings. The summed E-state index contributed by atoms with van der Waals surface area (Å²) in [5.41, 5.74) is 0. The quantitative estimate of drug-likeness (QED) is 0.667. The number of hydrogen-bond donors (Lipinski definition) is 1. The van der Waals surface area contributed by atoms with Gasteiger partial charge in [0.15, 0.2) is 0 Å². The van der Waals surface area contributed by atoms with Gasteiger partial charge in [0.2, 0.25) is 5.91 Å². The molecule has 0 aromatic heterocycles. The van der Waals surface area contributed by atoms with Crippen LogP contribution in [0.4, 0.5) is 0 Å². The molecule has 0 spiro atoms. The van der Waals surface area contributed by atoms with Crippen LogP contribution in [0.5, 0.6) is 0 Å². The summed E-state index contributed by atoms with van der Waals surface area (Å²) in [5.74, 6) is 0.164. The second kappa shape index (κ2) is 7.65. The van der Waals surface area contributed by atoms with Crippen molar-refractivity contribution in [1.29, 1.82) is 0 Å². The molecular formula is C11H25N3O. The first-order chi connectivity index (χ1) is 6.97. The summed E-state index contributed by atoms with van der Waals surface area (Å²) in [4.78, 5) is 15.5. The summed E-state index contributed by atoms with van der Waals surface area (Å²) in [7, 11) is 5.87. The maximum Gasteiger partial charge on any atom is 0.236 e. The van der Waals surface area contributed by atoms with Crippen LogP contribution in [0.15, 0.2) is 0 Å². The smallest absolute Gasteiger partial charge is 0.236 e. The zero-order valence-electron chi connectivity index (χ0n) is 10.7. The Morgan fingerprint density at radius 3 is 2.33 bits per heavy atom. The molecule has 15 heavy (non-hydrogen) atoms. The first-order valence-corrected chi connectivity index (χ1v) is 5.59. The van der Waals surface area contributed by atoms with Gasteiger partial charge in [0, 0.05) is 26.2 Å². The molecule has 0 heterocycles. The van der Waals surface area contributed by atoms with Crippen LogP contribution in [0.2, 0.25) is 0 Å². The number of rotatable bonds is 7. The van der Waals surface area contributed by atoms with Gasteiger partial charge in [0.1, 0.15) is 0 Å². The van der Waals surface area contributed by atoms with Crippen molar-refractivity contribution in [2.45, 2.75) is 26.3 Å². The lowest BCUT2D eigenvalue weighted by Gasteiger charge is -2.20. The molecule has 0 bridgehead atoms. The maximum absolute atomic E-state index is 11.6. The summed E-state index contributed by atoms with van der Waals surface area (Å²) < 4.78 is 0. The van der Waals surface area contributed by atoms with E-state index in [1.807, 2.05) is 21.1 Å². The molecule has 0 aliphatic heterocycles. The molecular weight excluding hydrogens is 190 g/mol. The predicted molar refractivity (Wildman–Crippen MR) is 63.9 cm³/mol. The van der Waals surface area contributed by atoms with E-state index >= 15 is 0 Å². The number of nitrogens with zero attached hydrogens (tertiary/aromatic N) is 2. The van der Waals surface area contributed by atoms with Gasteiger partial charge in [-0.1, -0.05) is 6.92 Å². The molecule has 1 amide bonds. The van der Waals surface area contributed by atoms with Gasteiger partial charge in [0.25, 0.3) is 0 Å². The van der Waals surface area contributed by atoms with E-state index in [4.69, 9.17) is 0 Å². The van der Waals surface area contributed by atoms with Crippen LogP contribution >= 0.6 is 0 Å². The highest BCUT2D eigenvalue weighted by molar-refractivity contribution is 5.77. The number of nitrogens with one attached hydrogen (secondary N) is 1. The van der Waals surface area contributed by atoms with E-state index in [1.54, 1.807) is 4.90 Å². The lowest BCUT2D eigenvalue weighted by atomic mass is 10.2. The zero-order valence-corrected chi connectivity index (χ0v) is 10.7. The first-order valence-electron chi connectivity index (χ1n) is 5.59. The normalized spacial score (nSPS) is 12.9. The first kappa shape index (κ1) is 14.4. The van der Waals surface area contributed by atoms with Gasteiger partial charge in [-0.15, -0.1) is 0 Å². The van der Waals surface area contributed by atoms with E-state index in [0.717, 1.165) is 19.5 Å². The molecule has 1 unspecified atom stereocenters. The van der Waals surface area contributed by atoms with Crippen LogP contribution in [0, 0.1) is 0 Å². The second-order valence-electron chi connectivity index (χ2n) is 4.31. The molecule has 0 aliphatic carbocycles. The van der Waals surface area contributed by atoms with Crippen molar-refractivity contribution in [2.24, 2.45) is 0 Å². The molecule has 1 N–H and O–H groups in total. The average molecular weight is 215 g/mol. The van der Waals surface area contributed by atoms with Crippen molar-refractivity contribution in [3.05, 3.63) is 0 Å². The Bertz CT molecular complexity index is 183. The highest BCUT2D eigenvalue weighted by Crippen LogP contribution is 1.89. The predicted octanol–water partition coefficient (Wildman–Crippen LogP) is 0.395. The summed E-state index contributed by atoms with van der Waals surface area (Å²) in [6.07, 6.45) is 1.05. The van der Waals surface area contributed by atoms with Crippen molar-refractivity contribution in [3.63, 3.8) is 0 Å². The Morgan fingerprint density at radius 2 is 1.87 bits per heavy atom. The Morgan fingerprint density at radius 1 is 1.27 bits per heavy atom. The van der Waals surface area contributed by atoms with Crippen LogP contribution in [-0.2, 0) is 4.79 Å². The number of likely N-dealkylation sites (N-methyl/N-ethyl adjacent to an activating group) is 2. The van der Waals surface area contributed by atoms with Gasteiger partial charge >= 0.3 is 0 Å². The van der Waals surface area contributed by atoms with Crippen molar-refractivity contribution < 1.29 is 4.79 Å². The van der Waals surface area contributed by atoms with Gasteiger partial charge in [-0.05, 0) is 27.4 Å².